The first-order valence-corrected chi connectivity index (χ1v) is 11.2. The minimum atomic E-state index is -0.279. The number of carbonyl (C=O) groups excluding carboxylic acids is 2. The van der Waals surface area contributed by atoms with Crippen molar-refractivity contribution in [2.24, 2.45) is 5.92 Å². The van der Waals surface area contributed by atoms with Gasteiger partial charge >= 0.3 is 6.03 Å². The van der Waals surface area contributed by atoms with Gasteiger partial charge in [-0.1, -0.05) is 24.6 Å². The number of nitrogens with one attached hydrogen (secondary N) is 2. The van der Waals surface area contributed by atoms with Crippen LogP contribution in [0.3, 0.4) is 0 Å². The fourth-order valence-corrected chi connectivity index (χ4v) is 5.20. The predicted octanol–water partition coefficient (Wildman–Crippen LogP) is 3.70. The number of urea groups is 1. The Morgan fingerprint density at radius 3 is 2.69 bits per heavy atom. The minimum absolute atomic E-state index is 0.247. The van der Waals surface area contributed by atoms with Crippen molar-refractivity contribution >= 4 is 40.6 Å². The zero-order valence-electron chi connectivity index (χ0n) is 16.4. The van der Waals surface area contributed by atoms with Gasteiger partial charge in [0.1, 0.15) is 0 Å². The zero-order valence-corrected chi connectivity index (χ0v) is 18.0. The normalized spacial score (nSPS) is 18.9. The van der Waals surface area contributed by atoms with E-state index in [9.17, 15) is 9.59 Å². The van der Waals surface area contributed by atoms with Gasteiger partial charge in [-0.3, -0.25) is 10.2 Å². The number of thiophene rings is 1. The van der Waals surface area contributed by atoms with E-state index in [1.54, 1.807) is 4.90 Å². The third-order valence-electron chi connectivity index (χ3n) is 5.58. The Morgan fingerprint density at radius 1 is 1.14 bits per heavy atom. The lowest BCUT2D eigenvalue weighted by atomic mass is 9.90. The fourth-order valence-electron chi connectivity index (χ4n) is 3.91. The van der Waals surface area contributed by atoms with Crippen molar-refractivity contribution in [3.63, 3.8) is 0 Å². The number of amides is 3. The number of hydrogen-bond donors (Lipinski definition) is 2. The zero-order chi connectivity index (χ0) is 20.4. The largest absolute Gasteiger partial charge is 0.368 e. The molecule has 0 unspecified atom stereocenters. The lowest BCUT2D eigenvalue weighted by molar-refractivity contribution is 0.0933. The topological polar surface area (TPSA) is 64.7 Å². The molecular formula is C21H25ClN4O2S. The van der Waals surface area contributed by atoms with Crippen LogP contribution in [0.15, 0.2) is 30.3 Å². The van der Waals surface area contributed by atoms with Crippen molar-refractivity contribution in [3.05, 3.63) is 50.7 Å². The fraction of sp³-hybridized carbons (Fsp3) is 0.429. The van der Waals surface area contributed by atoms with Gasteiger partial charge in [-0.05, 0) is 55.0 Å². The van der Waals surface area contributed by atoms with Crippen molar-refractivity contribution < 1.29 is 9.59 Å². The van der Waals surface area contributed by atoms with Crippen LogP contribution >= 0.6 is 22.9 Å². The summed E-state index contributed by atoms with van der Waals surface area (Å²) < 4.78 is 0. The predicted molar refractivity (Wildman–Crippen MR) is 117 cm³/mol. The molecule has 29 heavy (non-hydrogen) atoms. The van der Waals surface area contributed by atoms with Gasteiger partial charge in [0, 0.05) is 41.8 Å². The number of benzene rings is 1. The number of anilines is 1. The van der Waals surface area contributed by atoms with Crippen molar-refractivity contribution in [3.8, 4) is 0 Å². The highest BCUT2D eigenvalue weighted by atomic mass is 35.5. The van der Waals surface area contributed by atoms with Gasteiger partial charge in [-0.15, -0.1) is 11.3 Å². The summed E-state index contributed by atoms with van der Waals surface area (Å²) in [5.41, 5.74) is 7.46. The SMILES string of the molecule is C[C@@H]1CCc2sc(C(=O)NNC(=O)N3CCN(c4cccc(Cl)c4)CC3)cc2C1. The molecule has 2 aromatic rings. The van der Waals surface area contributed by atoms with Crippen LogP contribution in [0.5, 0.6) is 0 Å². The van der Waals surface area contributed by atoms with E-state index in [1.165, 1.54) is 28.2 Å². The second-order valence-electron chi connectivity index (χ2n) is 7.75. The molecule has 1 aliphatic carbocycles. The Hall–Kier alpha value is -2.25. The maximum atomic E-state index is 12.4. The summed E-state index contributed by atoms with van der Waals surface area (Å²) in [5, 5.41) is 0.704. The maximum Gasteiger partial charge on any atom is 0.336 e. The summed E-state index contributed by atoms with van der Waals surface area (Å²) in [7, 11) is 0. The van der Waals surface area contributed by atoms with Crippen molar-refractivity contribution in [2.75, 3.05) is 31.1 Å². The average molecular weight is 433 g/mol. The average Bonchev–Trinajstić information content (AvgIpc) is 3.15. The van der Waals surface area contributed by atoms with Gasteiger partial charge in [0.15, 0.2) is 0 Å². The molecule has 1 saturated heterocycles. The molecule has 0 radical (unpaired) electrons. The molecule has 1 aromatic heterocycles. The Kier molecular flexibility index (Phi) is 5.96. The number of carbonyl (C=O) groups is 2. The van der Waals surface area contributed by atoms with Crippen LogP contribution in [-0.2, 0) is 12.8 Å². The van der Waals surface area contributed by atoms with Crippen LogP contribution < -0.4 is 15.8 Å². The summed E-state index contributed by atoms with van der Waals surface area (Å²) in [6.45, 7) is 4.85. The Bertz CT molecular complexity index is 908. The number of hydrogen-bond acceptors (Lipinski definition) is 4. The molecule has 8 heteroatoms. The summed E-state index contributed by atoms with van der Waals surface area (Å²) in [5.74, 6) is 0.418. The van der Waals surface area contributed by atoms with E-state index >= 15 is 0 Å². The Balaban J connectivity index is 1.27. The molecule has 1 atom stereocenters. The number of aryl methyl sites for hydroxylation is 1. The van der Waals surface area contributed by atoms with Gasteiger partial charge in [-0.25, -0.2) is 10.2 Å². The van der Waals surface area contributed by atoms with E-state index in [2.05, 4.69) is 22.7 Å². The van der Waals surface area contributed by atoms with Crippen molar-refractivity contribution in [1.29, 1.82) is 0 Å². The van der Waals surface area contributed by atoms with E-state index in [0.717, 1.165) is 31.6 Å². The quantitative estimate of drug-likeness (QED) is 0.711. The van der Waals surface area contributed by atoms with Crippen LogP contribution in [0.25, 0.3) is 0 Å². The molecule has 1 aliphatic heterocycles. The van der Waals surface area contributed by atoms with Crippen molar-refractivity contribution in [1.82, 2.24) is 15.8 Å². The smallest absolute Gasteiger partial charge is 0.336 e. The number of fused-ring (bicyclic) bond motifs is 1. The van der Waals surface area contributed by atoms with E-state index in [4.69, 9.17) is 11.6 Å². The highest BCUT2D eigenvalue weighted by molar-refractivity contribution is 7.14. The molecule has 0 bridgehead atoms. The van der Waals surface area contributed by atoms with E-state index in [1.807, 2.05) is 30.3 Å². The summed E-state index contributed by atoms with van der Waals surface area (Å²) in [6, 6.07) is 9.42. The first kappa shape index (κ1) is 20.0. The number of nitrogens with zero attached hydrogens (tertiary/aromatic N) is 2. The van der Waals surface area contributed by atoms with Gasteiger partial charge < -0.3 is 9.80 Å². The summed E-state index contributed by atoms with van der Waals surface area (Å²) in [4.78, 5) is 30.8. The summed E-state index contributed by atoms with van der Waals surface area (Å²) in [6.07, 6.45) is 3.24. The molecule has 6 nitrogen and oxygen atoms in total. The number of rotatable bonds is 2. The Labute approximate surface area is 179 Å². The first-order chi connectivity index (χ1) is 14.0. The molecule has 2 aliphatic rings. The summed E-state index contributed by atoms with van der Waals surface area (Å²) >= 11 is 7.60. The molecule has 0 saturated carbocycles. The van der Waals surface area contributed by atoms with Crippen LogP contribution in [0.2, 0.25) is 5.02 Å². The molecule has 2 N–H and O–H groups in total. The Morgan fingerprint density at radius 2 is 1.93 bits per heavy atom. The second-order valence-corrected chi connectivity index (χ2v) is 9.32. The van der Waals surface area contributed by atoms with Gasteiger partial charge in [0.25, 0.3) is 5.91 Å². The third kappa shape index (κ3) is 4.67. The number of piperazine rings is 1. The number of hydrazine groups is 1. The molecule has 1 aromatic carbocycles. The molecule has 1 fully saturated rings. The maximum absolute atomic E-state index is 12.4. The van der Waals surface area contributed by atoms with E-state index in [0.29, 0.717) is 28.9 Å². The standard InChI is InChI=1S/C21H25ClN4O2S/c1-14-5-6-18-15(11-14)12-19(29-18)20(27)23-24-21(28)26-9-7-25(8-10-26)17-4-2-3-16(22)13-17/h2-4,12-14H,5-11H2,1H3,(H,23,27)(H,24,28)/t14-/m1/s1. The van der Waals surface area contributed by atoms with E-state index in [-0.39, 0.29) is 11.9 Å². The van der Waals surface area contributed by atoms with Crippen LogP contribution in [0.1, 0.15) is 33.5 Å². The molecule has 4 rings (SSSR count). The second kappa shape index (κ2) is 8.63. The third-order valence-corrected chi connectivity index (χ3v) is 7.05. The minimum Gasteiger partial charge on any atom is -0.368 e. The highest BCUT2D eigenvalue weighted by Gasteiger charge is 2.23. The van der Waals surface area contributed by atoms with Crippen LogP contribution in [0, 0.1) is 5.92 Å². The lowest BCUT2D eigenvalue weighted by Crippen LogP contribution is -2.55. The molecule has 154 valence electrons. The van der Waals surface area contributed by atoms with Crippen molar-refractivity contribution in [2.45, 2.75) is 26.2 Å². The monoisotopic (exact) mass is 432 g/mol. The lowest BCUT2D eigenvalue weighted by Gasteiger charge is -2.36. The van der Waals surface area contributed by atoms with Crippen LogP contribution in [-0.4, -0.2) is 43.0 Å². The van der Waals surface area contributed by atoms with Crippen LogP contribution in [0.4, 0.5) is 10.5 Å². The van der Waals surface area contributed by atoms with E-state index < -0.39 is 0 Å². The molecular weight excluding hydrogens is 408 g/mol. The first-order valence-electron chi connectivity index (χ1n) is 9.97. The molecule has 3 amide bonds. The molecule has 2 heterocycles. The number of halogens is 1. The molecule has 0 spiro atoms. The van der Waals surface area contributed by atoms with Gasteiger partial charge in [0.2, 0.25) is 0 Å². The van der Waals surface area contributed by atoms with Gasteiger partial charge in [0.05, 0.1) is 4.88 Å². The highest BCUT2D eigenvalue weighted by Crippen LogP contribution is 2.32. The van der Waals surface area contributed by atoms with Gasteiger partial charge in [-0.2, -0.15) is 0 Å².